The average molecular weight is 284 g/mol. The van der Waals surface area contributed by atoms with Crippen LogP contribution in [0, 0.1) is 12.7 Å². The number of benzene rings is 2. The van der Waals surface area contributed by atoms with Crippen molar-refractivity contribution in [1.29, 1.82) is 0 Å². The van der Waals surface area contributed by atoms with E-state index in [0.717, 1.165) is 5.56 Å². The first-order valence-corrected chi connectivity index (χ1v) is 6.49. The van der Waals surface area contributed by atoms with Gasteiger partial charge in [0.05, 0.1) is 0 Å². The van der Waals surface area contributed by atoms with Crippen LogP contribution in [0.3, 0.4) is 0 Å². The molecule has 0 unspecified atom stereocenters. The van der Waals surface area contributed by atoms with E-state index in [1.165, 1.54) is 6.07 Å². The van der Waals surface area contributed by atoms with E-state index < -0.39 is 0 Å². The molecule has 1 aromatic heterocycles. The third-order valence-corrected chi connectivity index (χ3v) is 2.99. The number of nitrogens with zero attached hydrogens (tertiary/aromatic N) is 2. The fraction of sp³-hybridized carbons (Fsp3) is 0.125. The fourth-order valence-electron chi connectivity index (χ4n) is 1.89. The molecule has 1 heterocycles. The maximum absolute atomic E-state index is 13.5. The first-order chi connectivity index (χ1) is 10.2. The molecule has 0 saturated heterocycles. The van der Waals surface area contributed by atoms with Crippen molar-refractivity contribution in [3.63, 3.8) is 0 Å². The highest BCUT2D eigenvalue weighted by Crippen LogP contribution is 2.21. The molecule has 0 amide bonds. The molecule has 0 aliphatic carbocycles. The van der Waals surface area contributed by atoms with Crippen molar-refractivity contribution in [2.24, 2.45) is 0 Å². The molecule has 0 atom stereocenters. The maximum atomic E-state index is 13.5. The van der Waals surface area contributed by atoms with Crippen LogP contribution in [0.25, 0.3) is 11.4 Å². The van der Waals surface area contributed by atoms with Crippen LogP contribution in [0.1, 0.15) is 11.5 Å². The van der Waals surface area contributed by atoms with Crippen LogP contribution >= 0.6 is 0 Å². The molecule has 21 heavy (non-hydrogen) atoms. The van der Waals surface area contributed by atoms with Gasteiger partial charge >= 0.3 is 0 Å². The van der Waals surface area contributed by atoms with E-state index in [2.05, 4.69) is 10.1 Å². The fourth-order valence-corrected chi connectivity index (χ4v) is 1.89. The Hall–Kier alpha value is -2.69. The third kappa shape index (κ3) is 3.08. The standard InChI is InChI=1S/C16H13FN2O2/c1-11-18-16(19-21-11)12-6-8-14(9-7-12)20-10-13-4-2-3-5-15(13)17/h2-9H,10H2,1H3. The zero-order valence-corrected chi connectivity index (χ0v) is 11.4. The van der Waals surface area contributed by atoms with Gasteiger partial charge in [-0.3, -0.25) is 0 Å². The molecule has 0 radical (unpaired) electrons. The summed E-state index contributed by atoms with van der Waals surface area (Å²) in [6.07, 6.45) is 0. The minimum absolute atomic E-state index is 0.188. The lowest BCUT2D eigenvalue weighted by molar-refractivity contribution is 0.300. The molecule has 4 nitrogen and oxygen atoms in total. The van der Waals surface area contributed by atoms with Gasteiger partial charge in [0, 0.05) is 18.1 Å². The van der Waals surface area contributed by atoms with Crippen LogP contribution in [0.15, 0.2) is 53.1 Å². The molecule has 5 heteroatoms. The molecule has 3 rings (SSSR count). The minimum Gasteiger partial charge on any atom is -0.489 e. The van der Waals surface area contributed by atoms with Crippen LogP contribution in [0.4, 0.5) is 4.39 Å². The first kappa shape index (κ1) is 13.3. The van der Waals surface area contributed by atoms with Crippen LogP contribution < -0.4 is 4.74 Å². The summed E-state index contributed by atoms with van der Waals surface area (Å²) >= 11 is 0. The molecule has 0 aliphatic rings. The molecule has 0 bridgehead atoms. The minimum atomic E-state index is -0.267. The zero-order valence-electron chi connectivity index (χ0n) is 11.4. The van der Waals surface area contributed by atoms with Crippen molar-refractivity contribution in [3.8, 4) is 17.1 Å². The summed E-state index contributed by atoms with van der Waals surface area (Å²) in [5, 5.41) is 3.84. The first-order valence-electron chi connectivity index (χ1n) is 6.49. The number of hydrogen-bond acceptors (Lipinski definition) is 4. The average Bonchev–Trinajstić information content (AvgIpc) is 2.94. The quantitative estimate of drug-likeness (QED) is 0.732. The van der Waals surface area contributed by atoms with Gasteiger partial charge in [0.2, 0.25) is 11.7 Å². The highest BCUT2D eigenvalue weighted by atomic mass is 19.1. The Morgan fingerprint density at radius 3 is 2.52 bits per heavy atom. The van der Waals surface area contributed by atoms with Crippen LogP contribution in [0.2, 0.25) is 0 Å². The van der Waals surface area contributed by atoms with Crippen molar-refractivity contribution in [2.75, 3.05) is 0 Å². The number of aromatic nitrogens is 2. The van der Waals surface area contributed by atoms with Gasteiger partial charge in [0.15, 0.2) is 0 Å². The van der Waals surface area contributed by atoms with Crippen LogP contribution in [0.5, 0.6) is 5.75 Å². The number of aryl methyl sites for hydroxylation is 1. The number of hydrogen-bond donors (Lipinski definition) is 0. The molecule has 0 fully saturated rings. The summed E-state index contributed by atoms with van der Waals surface area (Å²) in [7, 11) is 0. The molecule has 0 aliphatic heterocycles. The predicted molar refractivity (Wildman–Crippen MR) is 75.2 cm³/mol. The van der Waals surface area contributed by atoms with E-state index in [0.29, 0.717) is 23.0 Å². The molecular weight excluding hydrogens is 271 g/mol. The zero-order chi connectivity index (χ0) is 14.7. The van der Waals surface area contributed by atoms with Crippen molar-refractivity contribution in [1.82, 2.24) is 10.1 Å². The Labute approximate surface area is 121 Å². The van der Waals surface area contributed by atoms with Crippen LogP contribution in [-0.2, 0) is 6.61 Å². The lowest BCUT2D eigenvalue weighted by atomic mass is 10.2. The highest BCUT2D eigenvalue weighted by molar-refractivity contribution is 5.55. The summed E-state index contributed by atoms with van der Waals surface area (Å²) in [6, 6.07) is 13.8. The Morgan fingerprint density at radius 2 is 1.86 bits per heavy atom. The van der Waals surface area contributed by atoms with Gasteiger partial charge in [-0.2, -0.15) is 4.98 Å². The van der Waals surface area contributed by atoms with E-state index in [1.807, 2.05) is 12.1 Å². The predicted octanol–water partition coefficient (Wildman–Crippen LogP) is 3.76. The number of rotatable bonds is 4. The monoisotopic (exact) mass is 284 g/mol. The van der Waals surface area contributed by atoms with E-state index >= 15 is 0 Å². The summed E-state index contributed by atoms with van der Waals surface area (Å²) in [5.74, 6) is 1.44. The van der Waals surface area contributed by atoms with Crippen molar-refractivity contribution in [2.45, 2.75) is 13.5 Å². The van der Waals surface area contributed by atoms with Crippen molar-refractivity contribution >= 4 is 0 Å². The topological polar surface area (TPSA) is 48.2 Å². The number of halogens is 1. The van der Waals surface area contributed by atoms with Crippen molar-refractivity contribution in [3.05, 3.63) is 65.8 Å². The second kappa shape index (κ2) is 5.75. The number of ether oxygens (including phenoxy) is 1. The molecular formula is C16H13FN2O2. The highest BCUT2D eigenvalue weighted by Gasteiger charge is 2.06. The summed E-state index contributed by atoms with van der Waals surface area (Å²) in [5.41, 5.74) is 1.36. The van der Waals surface area contributed by atoms with Crippen molar-refractivity contribution < 1.29 is 13.7 Å². The Kier molecular flexibility index (Phi) is 3.64. The van der Waals surface area contributed by atoms with E-state index in [4.69, 9.17) is 9.26 Å². The van der Waals surface area contributed by atoms with Gasteiger partial charge in [-0.1, -0.05) is 23.4 Å². The van der Waals surface area contributed by atoms with Gasteiger partial charge in [0.1, 0.15) is 18.2 Å². The lowest BCUT2D eigenvalue weighted by Crippen LogP contribution is -1.98. The maximum Gasteiger partial charge on any atom is 0.223 e. The SMILES string of the molecule is Cc1nc(-c2ccc(OCc3ccccc3F)cc2)no1. The van der Waals surface area contributed by atoms with Gasteiger partial charge in [-0.05, 0) is 30.3 Å². The Bertz CT molecular complexity index is 738. The van der Waals surface area contributed by atoms with E-state index in [9.17, 15) is 4.39 Å². The normalized spacial score (nSPS) is 10.6. The molecule has 0 N–H and O–H groups in total. The second-order valence-electron chi connectivity index (χ2n) is 4.54. The smallest absolute Gasteiger partial charge is 0.223 e. The molecule has 106 valence electrons. The van der Waals surface area contributed by atoms with Gasteiger partial charge in [-0.25, -0.2) is 4.39 Å². The summed E-state index contributed by atoms with van der Waals surface area (Å²) < 4.78 is 24.0. The molecule has 0 saturated carbocycles. The Morgan fingerprint density at radius 1 is 1.10 bits per heavy atom. The largest absolute Gasteiger partial charge is 0.489 e. The van der Waals surface area contributed by atoms with E-state index in [1.54, 1.807) is 37.3 Å². The summed E-state index contributed by atoms with van der Waals surface area (Å²) in [6.45, 7) is 1.93. The lowest BCUT2D eigenvalue weighted by Gasteiger charge is -2.07. The summed E-state index contributed by atoms with van der Waals surface area (Å²) in [4.78, 5) is 4.15. The van der Waals surface area contributed by atoms with E-state index in [-0.39, 0.29) is 12.4 Å². The van der Waals surface area contributed by atoms with Gasteiger partial charge in [0.25, 0.3) is 0 Å². The van der Waals surface area contributed by atoms with Gasteiger partial charge < -0.3 is 9.26 Å². The van der Waals surface area contributed by atoms with Crippen LogP contribution in [-0.4, -0.2) is 10.1 Å². The second-order valence-corrected chi connectivity index (χ2v) is 4.54. The van der Waals surface area contributed by atoms with Gasteiger partial charge in [-0.15, -0.1) is 0 Å². The molecule has 0 spiro atoms. The Balaban J connectivity index is 1.69. The third-order valence-electron chi connectivity index (χ3n) is 2.99. The molecule has 2 aromatic carbocycles. The molecule has 3 aromatic rings.